The molecule has 0 aliphatic carbocycles. The van der Waals surface area contributed by atoms with Crippen LogP contribution in [-0.2, 0) is 9.53 Å². The number of hydrogen-bond acceptors (Lipinski definition) is 4. The molecule has 1 amide bonds. The second kappa shape index (κ2) is 10.8. The molecule has 24 heavy (non-hydrogen) atoms. The van der Waals surface area contributed by atoms with Crippen LogP contribution in [0.5, 0.6) is 0 Å². The first kappa shape index (κ1) is 22.0. The maximum atomic E-state index is 12.2. The van der Waals surface area contributed by atoms with E-state index in [1.807, 2.05) is 0 Å². The largest absolute Gasteiger partial charge is 0.383 e. The Morgan fingerprint density at radius 1 is 1.21 bits per heavy atom. The van der Waals surface area contributed by atoms with Crippen LogP contribution >= 0.6 is 24.8 Å². The van der Waals surface area contributed by atoms with Crippen molar-refractivity contribution in [1.82, 2.24) is 15.5 Å². The number of fused-ring (bicyclic) bond motifs is 2. The van der Waals surface area contributed by atoms with E-state index in [1.165, 1.54) is 38.5 Å². The first-order valence-electron chi connectivity index (χ1n) is 9.00. The zero-order chi connectivity index (χ0) is 15.4. The zero-order valence-corrected chi connectivity index (χ0v) is 16.3. The van der Waals surface area contributed by atoms with E-state index in [2.05, 4.69) is 15.5 Å². The van der Waals surface area contributed by atoms with Crippen LogP contribution in [0.2, 0.25) is 0 Å². The molecule has 3 saturated heterocycles. The summed E-state index contributed by atoms with van der Waals surface area (Å²) in [5.41, 5.74) is 0. The molecule has 3 fully saturated rings. The van der Waals surface area contributed by atoms with Crippen LogP contribution in [0.4, 0.5) is 0 Å². The lowest BCUT2D eigenvalue weighted by molar-refractivity contribution is -0.122. The van der Waals surface area contributed by atoms with Crippen LogP contribution in [0.3, 0.4) is 0 Å². The number of piperidine rings is 1. The van der Waals surface area contributed by atoms with E-state index >= 15 is 0 Å². The predicted octanol–water partition coefficient (Wildman–Crippen LogP) is 1.98. The maximum Gasteiger partial charge on any atom is 0.220 e. The summed E-state index contributed by atoms with van der Waals surface area (Å²) in [5.74, 6) is 0.844. The molecule has 0 saturated carbocycles. The normalized spacial score (nSPS) is 32.0. The molecule has 0 aromatic heterocycles. The number of carbonyl (C=O) groups excluding carboxylic acids is 1. The van der Waals surface area contributed by atoms with Gasteiger partial charge in [-0.2, -0.15) is 0 Å². The maximum absolute atomic E-state index is 12.2. The average molecular weight is 382 g/mol. The molecule has 0 radical (unpaired) electrons. The number of ether oxygens (including phenoxy) is 1. The Labute approximate surface area is 158 Å². The van der Waals surface area contributed by atoms with E-state index in [0.29, 0.717) is 24.0 Å². The van der Waals surface area contributed by atoms with E-state index in [9.17, 15) is 4.79 Å². The van der Waals surface area contributed by atoms with Gasteiger partial charge in [0.2, 0.25) is 5.91 Å². The Hall–Kier alpha value is -0.0700. The van der Waals surface area contributed by atoms with Gasteiger partial charge in [0.05, 0.1) is 6.61 Å². The van der Waals surface area contributed by atoms with Crippen molar-refractivity contribution in [1.29, 1.82) is 0 Å². The molecular formula is C17H33Cl2N3O2. The lowest BCUT2D eigenvalue weighted by atomic mass is 9.89. The molecule has 3 unspecified atom stereocenters. The Balaban J connectivity index is 0.00000144. The van der Waals surface area contributed by atoms with E-state index in [0.717, 1.165) is 32.7 Å². The lowest BCUT2D eigenvalue weighted by Crippen LogP contribution is -2.43. The second-order valence-electron chi connectivity index (χ2n) is 7.31. The second-order valence-corrected chi connectivity index (χ2v) is 7.31. The monoisotopic (exact) mass is 381 g/mol. The van der Waals surface area contributed by atoms with Crippen molar-refractivity contribution < 1.29 is 9.53 Å². The highest BCUT2D eigenvalue weighted by Crippen LogP contribution is 2.32. The Bertz CT molecular complexity index is 375. The molecule has 3 atom stereocenters. The standard InChI is InChI=1S/C17H31N3O2.2ClH/c1-22-8-7-20-6-2-3-16(20)12-18-17(21)11-13-9-14-4-5-15(10-13)19-14;;/h13-16,19H,2-12H2,1H3,(H,18,21);2*1H. The lowest BCUT2D eigenvalue weighted by Gasteiger charge is -2.29. The topological polar surface area (TPSA) is 53.6 Å². The summed E-state index contributed by atoms with van der Waals surface area (Å²) in [7, 11) is 1.75. The molecule has 7 heteroatoms. The van der Waals surface area contributed by atoms with Gasteiger partial charge in [-0.05, 0) is 51.0 Å². The number of hydrogen-bond donors (Lipinski definition) is 2. The number of amides is 1. The van der Waals surface area contributed by atoms with Crippen molar-refractivity contribution in [3.63, 3.8) is 0 Å². The number of nitrogens with zero attached hydrogens (tertiary/aromatic N) is 1. The molecule has 3 aliphatic rings. The van der Waals surface area contributed by atoms with E-state index < -0.39 is 0 Å². The van der Waals surface area contributed by atoms with Gasteiger partial charge in [0.15, 0.2) is 0 Å². The number of methoxy groups -OCH3 is 1. The van der Waals surface area contributed by atoms with Gasteiger partial charge >= 0.3 is 0 Å². The molecule has 5 nitrogen and oxygen atoms in total. The molecule has 0 aromatic carbocycles. The molecule has 0 spiro atoms. The Morgan fingerprint density at radius 2 is 1.92 bits per heavy atom. The number of carbonyl (C=O) groups is 1. The summed E-state index contributed by atoms with van der Waals surface area (Å²) in [6.07, 6.45) is 8.14. The van der Waals surface area contributed by atoms with E-state index in [4.69, 9.17) is 4.74 Å². The number of rotatable bonds is 7. The van der Waals surface area contributed by atoms with Gasteiger partial charge in [-0.15, -0.1) is 24.8 Å². The molecule has 2 bridgehead atoms. The predicted molar refractivity (Wildman–Crippen MR) is 101 cm³/mol. The molecular weight excluding hydrogens is 349 g/mol. The third-order valence-electron chi connectivity index (χ3n) is 5.66. The fourth-order valence-electron chi connectivity index (χ4n) is 4.54. The highest BCUT2D eigenvalue weighted by Gasteiger charge is 2.34. The van der Waals surface area contributed by atoms with Crippen molar-refractivity contribution in [3.8, 4) is 0 Å². The fourth-order valence-corrected chi connectivity index (χ4v) is 4.54. The highest BCUT2D eigenvalue weighted by molar-refractivity contribution is 5.85. The third-order valence-corrected chi connectivity index (χ3v) is 5.66. The van der Waals surface area contributed by atoms with Crippen LogP contribution in [0.25, 0.3) is 0 Å². The number of likely N-dealkylation sites (tertiary alicyclic amines) is 1. The Morgan fingerprint density at radius 3 is 2.58 bits per heavy atom. The minimum absolute atomic E-state index is 0. The Kier molecular flexibility index (Phi) is 9.90. The quantitative estimate of drug-likeness (QED) is 0.707. The minimum atomic E-state index is 0. The van der Waals surface area contributed by atoms with Gasteiger partial charge in [-0.1, -0.05) is 0 Å². The van der Waals surface area contributed by atoms with Gasteiger partial charge in [0.25, 0.3) is 0 Å². The summed E-state index contributed by atoms with van der Waals surface area (Å²) < 4.78 is 5.17. The molecule has 3 aliphatic heterocycles. The van der Waals surface area contributed by atoms with Gasteiger partial charge in [0, 0.05) is 44.7 Å². The minimum Gasteiger partial charge on any atom is -0.383 e. The summed E-state index contributed by atoms with van der Waals surface area (Å²) >= 11 is 0. The SMILES string of the molecule is COCCN1CCCC1CNC(=O)CC1CC2CCC(C1)N2.Cl.Cl. The van der Waals surface area contributed by atoms with Gasteiger partial charge in [-0.25, -0.2) is 0 Å². The van der Waals surface area contributed by atoms with Crippen molar-refractivity contribution in [2.75, 3.05) is 33.4 Å². The molecule has 142 valence electrons. The van der Waals surface area contributed by atoms with Crippen molar-refractivity contribution in [2.24, 2.45) is 5.92 Å². The van der Waals surface area contributed by atoms with Gasteiger partial charge in [0.1, 0.15) is 0 Å². The summed E-state index contributed by atoms with van der Waals surface area (Å²) in [6.45, 7) is 3.71. The van der Waals surface area contributed by atoms with Gasteiger partial charge in [-0.3, -0.25) is 9.69 Å². The van der Waals surface area contributed by atoms with Crippen LogP contribution in [0.1, 0.15) is 44.9 Å². The highest BCUT2D eigenvalue weighted by atomic mass is 35.5. The summed E-state index contributed by atoms with van der Waals surface area (Å²) in [6, 6.07) is 1.86. The number of halogens is 2. The van der Waals surface area contributed by atoms with E-state index in [1.54, 1.807) is 7.11 Å². The first-order valence-corrected chi connectivity index (χ1v) is 9.00. The van der Waals surface area contributed by atoms with Crippen LogP contribution in [-0.4, -0.2) is 62.3 Å². The average Bonchev–Trinajstić information content (AvgIpc) is 3.09. The van der Waals surface area contributed by atoms with Crippen LogP contribution in [0.15, 0.2) is 0 Å². The smallest absolute Gasteiger partial charge is 0.220 e. The summed E-state index contributed by atoms with van der Waals surface area (Å²) in [4.78, 5) is 14.7. The van der Waals surface area contributed by atoms with E-state index in [-0.39, 0.29) is 30.7 Å². The molecule has 0 aromatic rings. The van der Waals surface area contributed by atoms with Crippen molar-refractivity contribution in [3.05, 3.63) is 0 Å². The third kappa shape index (κ3) is 6.03. The molecule has 3 heterocycles. The van der Waals surface area contributed by atoms with Crippen molar-refractivity contribution >= 4 is 30.7 Å². The first-order chi connectivity index (χ1) is 10.7. The number of nitrogens with one attached hydrogen (secondary N) is 2. The zero-order valence-electron chi connectivity index (χ0n) is 14.7. The van der Waals surface area contributed by atoms with Crippen molar-refractivity contribution in [2.45, 2.75) is 63.1 Å². The van der Waals surface area contributed by atoms with Crippen LogP contribution < -0.4 is 10.6 Å². The fraction of sp³-hybridized carbons (Fsp3) is 0.941. The van der Waals surface area contributed by atoms with Gasteiger partial charge < -0.3 is 15.4 Å². The summed E-state index contributed by atoms with van der Waals surface area (Å²) in [5, 5.41) is 6.83. The van der Waals surface area contributed by atoms with Crippen LogP contribution in [0, 0.1) is 5.92 Å². The molecule has 3 rings (SSSR count). The molecule has 2 N–H and O–H groups in total.